The van der Waals surface area contributed by atoms with Gasteiger partial charge in [0.05, 0.1) is 11.6 Å². The van der Waals surface area contributed by atoms with Crippen molar-refractivity contribution in [2.24, 2.45) is 0 Å². The van der Waals surface area contributed by atoms with Gasteiger partial charge in [-0.15, -0.1) is 0 Å². The Kier molecular flexibility index (Phi) is 2.65. The monoisotopic (exact) mass is 257 g/mol. The first-order chi connectivity index (χ1) is 6.72. The maximum atomic E-state index is 9.61. The first-order valence-corrected chi connectivity index (χ1v) is 5.28. The summed E-state index contributed by atoms with van der Waals surface area (Å²) in [7, 11) is 1.56. The quantitative estimate of drug-likeness (QED) is 0.850. The average molecular weight is 258 g/mol. The maximum absolute atomic E-state index is 9.61. The summed E-state index contributed by atoms with van der Waals surface area (Å²) in [6.45, 7) is 2.00. The second-order valence-corrected chi connectivity index (χ2v) is 4.26. The highest BCUT2D eigenvalue weighted by Crippen LogP contribution is 2.37. The average Bonchev–Trinajstić information content (AvgIpc) is 2.08. The van der Waals surface area contributed by atoms with Crippen LogP contribution < -0.4 is 10.1 Å². The predicted molar refractivity (Wildman–Crippen MR) is 58.0 cm³/mol. The molecule has 1 aliphatic rings. The highest BCUT2D eigenvalue weighted by molar-refractivity contribution is 9.10. The number of halogens is 1. The molecule has 1 aliphatic heterocycles. The van der Waals surface area contributed by atoms with Gasteiger partial charge in [0.15, 0.2) is 11.5 Å². The largest absolute Gasteiger partial charge is 0.503 e. The van der Waals surface area contributed by atoms with Crippen LogP contribution in [0.3, 0.4) is 0 Å². The van der Waals surface area contributed by atoms with Crippen molar-refractivity contribution in [2.45, 2.75) is 5.92 Å². The van der Waals surface area contributed by atoms with Gasteiger partial charge < -0.3 is 15.2 Å². The fourth-order valence-electron chi connectivity index (χ4n) is 1.51. The molecular weight excluding hydrogens is 246 g/mol. The van der Waals surface area contributed by atoms with Crippen molar-refractivity contribution < 1.29 is 9.84 Å². The maximum Gasteiger partial charge on any atom is 0.172 e. The van der Waals surface area contributed by atoms with Crippen LogP contribution in [0.1, 0.15) is 11.5 Å². The summed E-state index contributed by atoms with van der Waals surface area (Å²) < 4.78 is 5.78. The van der Waals surface area contributed by atoms with E-state index in [1.54, 1.807) is 7.11 Å². The SMILES string of the molecule is COc1cc(C2CNC2)cc(Br)c1O. The zero-order chi connectivity index (χ0) is 10.1. The summed E-state index contributed by atoms with van der Waals surface area (Å²) in [5, 5.41) is 12.8. The number of hydrogen-bond acceptors (Lipinski definition) is 3. The number of nitrogens with one attached hydrogen (secondary N) is 1. The van der Waals surface area contributed by atoms with E-state index in [1.807, 2.05) is 12.1 Å². The molecule has 0 bridgehead atoms. The summed E-state index contributed by atoms with van der Waals surface area (Å²) in [6.07, 6.45) is 0. The molecule has 2 rings (SSSR count). The van der Waals surface area contributed by atoms with E-state index >= 15 is 0 Å². The normalized spacial score (nSPS) is 16.4. The van der Waals surface area contributed by atoms with Crippen molar-refractivity contribution >= 4 is 15.9 Å². The molecular formula is C10H12BrNO2. The molecule has 14 heavy (non-hydrogen) atoms. The second-order valence-electron chi connectivity index (χ2n) is 3.41. The van der Waals surface area contributed by atoms with Gasteiger partial charge in [0, 0.05) is 19.0 Å². The summed E-state index contributed by atoms with van der Waals surface area (Å²) in [5.74, 6) is 1.24. The highest BCUT2D eigenvalue weighted by atomic mass is 79.9. The number of ether oxygens (including phenoxy) is 1. The van der Waals surface area contributed by atoms with Crippen LogP contribution in [-0.4, -0.2) is 25.3 Å². The molecule has 1 fully saturated rings. The molecule has 76 valence electrons. The Morgan fingerprint density at radius 3 is 2.71 bits per heavy atom. The van der Waals surface area contributed by atoms with Gasteiger partial charge in [-0.05, 0) is 33.6 Å². The fraction of sp³-hybridized carbons (Fsp3) is 0.400. The molecule has 1 heterocycles. The van der Waals surface area contributed by atoms with Crippen molar-refractivity contribution in [1.29, 1.82) is 0 Å². The van der Waals surface area contributed by atoms with Crippen LogP contribution in [0.25, 0.3) is 0 Å². The Morgan fingerprint density at radius 2 is 2.21 bits per heavy atom. The summed E-state index contributed by atoms with van der Waals surface area (Å²) >= 11 is 3.31. The van der Waals surface area contributed by atoms with E-state index in [1.165, 1.54) is 5.56 Å². The van der Waals surface area contributed by atoms with Crippen molar-refractivity contribution in [3.05, 3.63) is 22.2 Å². The van der Waals surface area contributed by atoms with E-state index in [2.05, 4.69) is 21.2 Å². The van der Waals surface area contributed by atoms with Gasteiger partial charge in [-0.25, -0.2) is 0 Å². The lowest BCUT2D eigenvalue weighted by molar-refractivity contribution is 0.369. The minimum Gasteiger partial charge on any atom is -0.503 e. The number of rotatable bonds is 2. The molecule has 0 aromatic heterocycles. The summed E-state index contributed by atoms with van der Waals surface area (Å²) in [5.41, 5.74) is 1.20. The predicted octanol–water partition coefficient (Wildman–Crippen LogP) is 1.85. The lowest BCUT2D eigenvalue weighted by Crippen LogP contribution is -2.39. The lowest BCUT2D eigenvalue weighted by atomic mass is 9.93. The van der Waals surface area contributed by atoms with Crippen LogP contribution in [0.15, 0.2) is 16.6 Å². The highest BCUT2D eigenvalue weighted by Gasteiger charge is 2.21. The molecule has 0 spiro atoms. The van der Waals surface area contributed by atoms with Gasteiger partial charge in [0.25, 0.3) is 0 Å². The molecule has 0 radical (unpaired) electrons. The molecule has 1 aromatic rings. The first-order valence-electron chi connectivity index (χ1n) is 4.49. The number of methoxy groups -OCH3 is 1. The van der Waals surface area contributed by atoms with Gasteiger partial charge in [-0.3, -0.25) is 0 Å². The van der Waals surface area contributed by atoms with Gasteiger partial charge in [-0.1, -0.05) is 0 Å². The Morgan fingerprint density at radius 1 is 1.50 bits per heavy atom. The van der Waals surface area contributed by atoms with Crippen LogP contribution in [0.2, 0.25) is 0 Å². The third-order valence-corrected chi connectivity index (χ3v) is 3.13. The van der Waals surface area contributed by atoms with E-state index < -0.39 is 0 Å². The van der Waals surface area contributed by atoms with Crippen LogP contribution in [0.5, 0.6) is 11.5 Å². The van der Waals surface area contributed by atoms with E-state index in [-0.39, 0.29) is 5.75 Å². The number of phenols is 1. The number of phenolic OH excluding ortho intramolecular Hbond substituents is 1. The van der Waals surface area contributed by atoms with Gasteiger partial charge in [0.1, 0.15) is 0 Å². The van der Waals surface area contributed by atoms with E-state index in [9.17, 15) is 5.11 Å². The standard InChI is InChI=1S/C10H12BrNO2/c1-14-9-3-6(7-4-12-5-7)2-8(11)10(9)13/h2-3,7,12-13H,4-5H2,1H3. The molecule has 0 atom stereocenters. The zero-order valence-corrected chi connectivity index (χ0v) is 9.47. The van der Waals surface area contributed by atoms with E-state index in [4.69, 9.17) is 4.74 Å². The Labute approximate surface area is 91.2 Å². The minimum absolute atomic E-state index is 0.170. The van der Waals surface area contributed by atoms with Crippen molar-refractivity contribution in [3.63, 3.8) is 0 Å². The smallest absolute Gasteiger partial charge is 0.172 e. The molecule has 1 saturated heterocycles. The summed E-state index contributed by atoms with van der Waals surface area (Å²) in [4.78, 5) is 0. The summed E-state index contributed by atoms with van der Waals surface area (Å²) in [6, 6.07) is 3.84. The second kappa shape index (κ2) is 3.79. The number of aromatic hydroxyl groups is 1. The van der Waals surface area contributed by atoms with Gasteiger partial charge in [-0.2, -0.15) is 0 Å². The molecule has 4 heteroatoms. The molecule has 2 N–H and O–H groups in total. The fourth-order valence-corrected chi connectivity index (χ4v) is 1.97. The third-order valence-electron chi connectivity index (χ3n) is 2.52. The molecule has 0 aliphatic carbocycles. The first kappa shape index (κ1) is 9.80. The Bertz CT molecular complexity index is 350. The molecule has 0 saturated carbocycles. The van der Waals surface area contributed by atoms with Gasteiger partial charge in [0.2, 0.25) is 0 Å². The topological polar surface area (TPSA) is 41.5 Å². The molecule has 3 nitrogen and oxygen atoms in total. The lowest BCUT2D eigenvalue weighted by Gasteiger charge is -2.28. The molecule has 0 amide bonds. The molecule has 1 aromatic carbocycles. The Balaban J connectivity index is 2.37. The van der Waals surface area contributed by atoms with Crippen LogP contribution in [-0.2, 0) is 0 Å². The van der Waals surface area contributed by atoms with Crippen LogP contribution in [0.4, 0.5) is 0 Å². The van der Waals surface area contributed by atoms with Crippen LogP contribution >= 0.6 is 15.9 Å². The third kappa shape index (κ3) is 1.60. The number of hydrogen-bond donors (Lipinski definition) is 2. The Hall–Kier alpha value is -0.740. The van der Waals surface area contributed by atoms with Crippen LogP contribution in [0, 0.1) is 0 Å². The van der Waals surface area contributed by atoms with Crippen molar-refractivity contribution in [1.82, 2.24) is 5.32 Å². The minimum atomic E-state index is 0.170. The van der Waals surface area contributed by atoms with E-state index in [0.717, 1.165) is 13.1 Å². The zero-order valence-electron chi connectivity index (χ0n) is 7.88. The number of benzene rings is 1. The molecule has 0 unspecified atom stereocenters. The van der Waals surface area contributed by atoms with Gasteiger partial charge >= 0.3 is 0 Å². The van der Waals surface area contributed by atoms with E-state index in [0.29, 0.717) is 16.1 Å². The van der Waals surface area contributed by atoms with Crippen molar-refractivity contribution in [3.8, 4) is 11.5 Å². The van der Waals surface area contributed by atoms with Crippen molar-refractivity contribution in [2.75, 3.05) is 20.2 Å².